The first-order chi connectivity index (χ1) is 8.92. The molecule has 2 aliphatic heterocycles. The average molecular weight is 246 g/mol. The van der Waals surface area contributed by atoms with Gasteiger partial charge in [0.25, 0.3) is 0 Å². The first-order valence-electron chi connectivity index (χ1n) is 7.04. The van der Waals surface area contributed by atoms with Gasteiger partial charge in [-0.2, -0.15) is 0 Å². The van der Waals surface area contributed by atoms with Crippen LogP contribution in [0.15, 0.2) is 24.3 Å². The monoisotopic (exact) mass is 246 g/mol. The third kappa shape index (κ3) is 2.91. The van der Waals surface area contributed by atoms with Gasteiger partial charge < -0.3 is 15.4 Å². The van der Waals surface area contributed by atoms with Gasteiger partial charge in [0.15, 0.2) is 0 Å². The Kier molecular flexibility index (Phi) is 3.93. The molecule has 2 unspecified atom stereocenters. The number of ether oxygens (including phenoxy) is 1. The average Bonchev–Trinajstić information content (AvgIpc) is 2.94. The Morgan fingerprint density at radius 3 is 2.89 bits per heavy atom. The van der Waals surface area contributed by atoms with Crippen LogP contribution in [0, 0.1) is 0 Å². The molecule has 3 nitrogen and oxygen atoms in total. The lowest BCUT2D eigenvalue weighted by Crippen LogP contribution is -2.39. The normalized spacial score (nSPS) is 28.4. The summed E-state index contributed by atoms with van der Waals surface area (Å²) < 4.78 is 5.77. The minimum atomic E-state index is 0.343. The van der Waals surface area contributed by atoms with Gasteiger partial charge in [-0.05, 0) is 36.4 Å². The highest BCUT2D eigenvalue weighted by atomic mass is 16.5. The Bertz CT molecular complexity index is 382. The molecule has 3 heteroatoms. The number of nitrogens with one attached hydrogen (secondary N) is 2. The highest BCUT2D eigenvalue weighted by molar-refractivity contribution is 5.28. The summed E-state index contributed by atoms with van der Waals surface area (Å²) in [6.07, 6.45) is 2.64. The van der Waals surface area contributed by atoms with E-state index in [9.17, 15) is 0 Å². The van der Waals surface area contributed by atoms with E-state index in [1.165, 1.54) is 17.5 Å². The van der Waals surface area contributed by atoms with E-state index < -0.39 is 0 Å². The lowest BCUT2D eigenvalue weighted by atomic mass is 9.95. The highest BCUT2D eigenvalue weighted by Gasteiger charge is 2.18. The third-order valence-corrected chi connectivity index (χ3v) is 3.95. The van der Waals surface area contributed by atoms with Gasteiger partial charge >= 0.3 is 0 Å². The molecular weight excluding hydrogens is 224 g/mol. The maximum Gasteiger partial charge on any atom is 0.0740 e. The second-order valence-corrected chi connectivity index (χ2v) is 5.34. The predicted octanol–water partition coefficient (Wildman–Crippen LogP) is 1.29. The second kappa shape index (κ2) is 5.83. The van der Waals surface area contributed by atoms with Crippen LogP contribution in [-0.4, -0.2) is 38.9 Å². The summed E-state index contributed by atoms with van der Waals surface area (Å²) in [4.78, 5) is 0. The van der Waals surface area contributed by atoms with Crippen molar-refractivity contribution >= 4 is 0 Å². The molecule has 0 radical (unpaired) electrons. The summed E-state index contributed by atoms with van der Waals surface area (Å²) in [5, 5.41) is 6.83. The van der Waals surface area contributed by atoms with E-state index in [-0.39, 0.29) is 0 Å². The van der Waals surface area contributed by atoms with Gasteiger partial charge in [-0.3, -0.25) is 0 Å². The van der Waals surface area contributed by atoms with Crippen LogP contribution in [0.5, 0.6) is 0 Å². The van der Waals surface area contributed by atoms with Crippen molar-refractivity contribution in [1.82, 2.24) is 10.6 Å². The number of morpholine rings is 1. The van der Waals surface area contributed by atoms with Crippen LogP contribution in [0.1, 0.15) is 23.5 Å². The fraction of sp³-hybridized carbons (Fsp3) is 0.600. The Morgan fingerprint density at radius 2 is 2.11 bits per heavy atom. The van der Waals surface area contributed by atoms with Crippen molar-refractivity contribution < 1.29 is 4.74 Å². The van der Waals surface area contributed by atoms with Crippen LogP contribution in [0.2, 0.25) is 0 Å². The summed E-state index contributed by atoms with van der Waals surface area (Å²) in [7, 11) is 0. The fourth-order valence-electron chi connectivity index (χ4n) is 2.93. The maximum atomic E-state index is 5.77. The molecule has 0 aliphatic carbocycles. The molecule has 0 amide bonds. The molecule has 2 N–H and O–H groups in total. The Labute approximate surface area is 109 Å². The lowest BCUT2D eigenvalue weighted by Gasteiger charge is -2.24. The second-order valence-electron chi connectivity index (χ2n) is 5.34. The molecule has 0 saturated carbocycles. The predicted molar refractivity (Wildman–Crippen MR) is 73.0 cm³/mol. The molecule has 0 aromatic heterocycles. The molecule has 2 aliphatic rings. The minimum absolute atomic E-state index is 0.343. The fourth-order valence-corrected chi connectivity index (χ4v) is 2.93. The van der Waals surface area contributed by atoms with Crippen molar-refractivity contribution in [3.63, 3.8) is 0 Å². The van der Waals surface area contributed by atoms with Gasteiger partial charge in [0.1, 0.15) is 0 Å². The van der Waals surface area contributed by atoms with E-state index in [1.54, 1.807) is 0 Å². The molecule has 2 fully saturated rings. The molecule has 1 aromatic carbocycles. The van der Waals surface area contributed by atoms with Gasteiger partial charge in [-0.25, -0.2) is 0 Å². The molecule has 18 heavy (non-hydrogen) atoms. The van der Waals surface area contributed by atoms with Gasteiger partial charge in [0, 0.05) is 19.6 Å². The Morgan fingerprint density at radius 1 is 1.17 bits per heavy atom. The number of hydrogen-bond acceptors (Lipinski definition) is 3. The van der Waals surface area contributed by atoms with Crippen LogP contribution in [0.25, 0.3) is 0 Å². The first kappa shape index (κ1) is 12.2. The van der Waals surface area contributed by atoms with Crippen molar-refractivity contribution in [2.24, 2.45) is 0 Å². The van der Waals surface area contributed by atoms with Crippen LogP contribution in [0.3, 0.4) is 0 Å². The van der Waals surface area contributed by atoms with E-state index in [0.717, 1.165) is 39.2 Å². The number of rotatable bonds is 3. The molecule has 1 aromatic rings. The van der Waals surface area contributed by atoms with Gasteiger partial charge in [0.2, 0.25) is 0 Å². The van der Waals surface area contributed by atoms with Crippen molar-refractivity contribution in [2.45, 2.75) is 24.9 Å². The zero-order valence-corrected chi connectivity index (χ0v) is 10.8. The standard InChI is InChI=1S/C15H22N2O/c1-2-12(9-15-11-17-6-7-18-15)8-13(3-1)14-4-5-16-10-14/h1-3,8,14-17H,4-7,9-11H2. The van der Waals surface area contributed by atoms with Crippen molar-refractivity contribution in [2.75, 3.05) is 32.8 Å². The van der Waals surface area contributed by atoms with Crippen LogP contribution >= 0.6 is 0 Å². The smallest absolute Gasteiger partial charge is 0.0740 e. The third-order valence-electron chi connectivity index (χ3n) is 3.95. The van der Waals surface area contributed by atoms with Gasteiger partial charge in [-0.1, -0.05) is 24.3 Å². The van der Waals surface area contributed by atoms with E-state index in [4.69, 9.17) is 4.74 Å². The van der Waals surface area contributed by atoms with Crippen LogP contribution < -0.4 is 10.6 Å². The number of hydrogen-bond donors (Lipinski definition) is 2. The molecule has 2 saturated heterocycles. The zero-order valence-electron chi connectivity index (χ0n) is 10.8. The van der Waals surface area contributed by atoms with E-state index in [2.05, 4.69) is 34.9 Å². The summed E-state index contributed by atoms with van der Waals surface area (Å²) in [6, 6.07) is 9.06. The lowest BCUT2D eigenvalue weighted by molar-refractivity contribution is 0.0292. The first-order valence-corrected chi connectivity index (χ1v) is 7.04. The van der Waals surface area contributed by atoms with E-state index >= 15 is 0 Å². The maximum absolute atomic E-state index is 5.77. The van der Waals surface area contributed by atoms with Crippen LogP contribution in [0.4, 0.5) is 0 Å². The summed E-state index contributed by atoms with van der Waals surface area (Å²) >= 11 is 0. The highest BCUT2D eigenvalue weighted by Crippen LogP contribution is 2.23. The molecular formula is C15H22N2O. The quantitative estimate of drug-likeness (QED) is 0.843. The van der Waals surface area contributed by atoms with E-state index in [1.807, 2.05) is 0 Å². The van der Waals surface area contributed by atoms with Crippen LogP contribution in [-0.2, 0) is 11.2 Å². The SMILES string of the molecule is c1cc(CC2CNCCO2)cc(C2CCNC2)c1. The minimum Gasteiger partial charge on any atom is -0.375 e. The molecule has 2 atom stereocenters. The zero-order chi connectivity index (χ0) is 12.2. The summed E-state index contributed by atoms with van der Waals surface area (Å²) in [5.74, 6) is 0.704. The molecule has 3 rings (SSSR count). The topological polar surface area (TPSA) is 33.3 Å². The Balaban J connectivity index is 1.66. The van der Waals surface area contributed by atoms with Gasteiger partial charge in [-0.15, -0.1) is 0 Å². The summed E-state index contributed by atoms with van der Waals surface area (Å²) in [5.41, 5.74) is 2.90. The van der Waals surface area contributed by atoms with E-state index in [0.29, 0.717) is 12.0 Å². The van der Waals surface area contributed by atoms with Crippen molar-refractivity contribution in [1.29, 1.82) is 0 Å². The van der Waals surface area contributed by atoms with Crippen molar-refractivity contribution in [3.8, 4) is 0 Å². The largest absolute Gasteiger partial charge is 0.375 e. The molecule has 0 bridgehead atoms. The summed E-state index contributed by atoms with van der Waals surface area (Å²) in [6.45, 7) is 5.10. The Hall–Kier alpha value is -0.900. The van der Waals surface area contributed by atoms with Crippen molar-refractivity contribution in [3.05, 3.63) is 35.4 Å². The van der Waals surface area contributed by atoms with Gasteiger partial charge in [0.05, 0.1) is 12.7 Å². The molecule has 2 heterocycles. The molecule has 0 spiro atoms. The number of benzene rings is 1. The molecule has 98 valence electrons.